The molecule has 0 bridgehead atoms. The molecule has 1 fully saturated rings. The van der Waals surface area contributed by atoms with Gasteiger partial charge >= 0.3 is 0 Å². The Morgan fingerprint density at radius 2 is 2.04 bits per heavy atom. The molecule has 2 aromatic rings. The summed E-state index contributed by atoms with van der Waals surface area (Å²) in [7, 11) is 0. The summed E-state index contributed by atoms with van der Waals surface area (Å²) < 4.78 is 13.0. The molecule has 0 radical (unpaired) electrons. The van der Waals surface area contributed by atoms with Crippen LogP contribution in [-0.4, -0.2) is 46.0 Å². The fraction of sp³-hybridized carbons (Fsp3) is 0.375. The molecule has 1 aromatic heterocycles. The number of rotatable bonds is 4. The van der Waals surface area contributed by atoms with E-state index in [0.717, 1.165) is 4.90 Å². The molecule has 0 amide bonds. The van der Waals surface area contributed by atoms with Crippen LogP contribution in [0.2, 0.25) is 0 Å². The average molecular weight is 350 g/mol. The molecule has 6 nitrogen and oxygen atoms in total. The second-order valence-electron chi connectivity index (χ2n) is 5.72. The fourth-order valence-electron chi connectivity index (χ4n) is 2.67. The van der Waals surface area contributed by atoms with E-state index >= 15 is 0 Å². The Balaban J connectivity index is 1.77. The molecule has 8 heteroatoms. The van der Waals surface area contributed by atoms with Gasteiger partial charge in [0, 0.05) is 36.6 Å². The lowest BCUT2D eigenvalue weighted by molar-refractivity contribution is 0.0546. The minimum Gasteiger partial charge on any atom is -0.396 e. The summed E-state index contributed by atoms with van der Waals surface area (Å²) in [4.78, 5) is 11.2. The van der Waals surface area contributed by atoms with Gasteiger partial charge in [0.25, 0.3) is 0 Å². The Kier molecular flexibility index (Phi) is 5.17. The zero-order chi connectivity index (χ0) is 17.1. The van der Waals surface area contributed by atoms with E-state index in [9.17, 15) is 14.6 Å². The highest BCUT2D eigenvalue weighted by Crippen LogP contribution is 2.30. The van der Waals surface area contributed by atoms with Crippen molar-refractivity contribution in [1.29, 1.82) is 0 Å². The topological polar surface area (TPSA) is 95.5 Å². The first-order valence-corrected chi connectivity index (χ1v) is 8.48. The van der Waals surface area contributed by atoms with Gasteiger partial charge in [-0.3, -0.25) is 0 Å². The molecular formula is C16H19FN4O2S. The number of aliphatic hydroxyl groups excluding tert-OH is 2. The van der Waals surface area contributed by atoms with Crippen molar-refractivity contribution in [3.8, 4) is 0 Å². The lowest BCUT2D eigenvalue weighted by Gasteiger charge is -2.35. The highest BCUT2D eigenvalue weighted by atomic mass is 32.2. The maximum atomic E-state index is 13.0. The molecule has 2 heterocycles. The first-order valence-electron chi connectivity index (χ1n) is 7.67. The van der Waals surface area contributed by atoms with Gasteiger partial charge in [0.05, 0.1) is 6.10 Å². The van der Waals surface area contributed by atoms with E-state index in [4.69, 9.17) is 5.73 Å². The van der Waals surface area contributed by atoms with Crippen LogP contribution in [0.15, 0.2) is 40.3 Å². The third-order valence-electron chi connectivity index (χ3n) is 4.02. The number of aromatic nitrogens is 2. The monoisotopic (exact) mass is 350 g/mol. The van der Waals surface area contributed by atoms with Gasteiger partial charge in [-0.05, 0) is 30.7 Å². The quantitative estimate of drug-likeness (QED) is 0.720. The Labute approximate surface area is 143 Å². The second-order valence-corrected chi connectivity index (χ2v) is 6.82. The zero-order valence-electron chi connectivity index (χ0n) is 13.0. The van der Waals surface area contributed by atoms with Crippen LogP contribution in [0.4, 0.5) is 16.2 Å². The van der Waals surface area contributed by atoms with Crippen LogP contribution >= 0.6 is 11.8 Å². The number of aliphatic hydroxyl groups is 2. The number of halogens is 1. The lowest BCUT2D eigenvalue weighted by Crippen LogP contribution is -2.45. The van der Waals surface area contributed by atoms with Crippen LogP contribution in [0.25, 0.3) is 0 Å². The molecule has 0 aliphatic carbocycles. The molecule has 3 rings (SSSR count). The molecule has 4 N–H and O–H groups in total. The first kappa shape index (κ1) is 16.9. The van der Waals surface area contributed by atoms with Crippen LogP contribution in [-0.2, 0) is 0 Å². The van der Waals surface area contributed by atoms with E-state index in [1.165, 1.54) is 23.9 Å². The molecule has 1 saturated heterocycles. The van der Waals surface area contributed by atoms with Gasteiger partial charge in [-0.25, -0.2) is 9.37 Å². The van der Waals surface area contributed by atoms with Crippen molar-refractivity contribution in [2.24, 2.45) is 5.92 Å². The van der Waals surface area contributed by atoms with E-state index in [1.807, 2.05) is 4.90 Å². The molecule has 1 aliphatic heterocycles. The summed E-state index contributed by atoms with van der Waals surface area (Å²) in [6.45, 7) is 1.05. The van der Waals surface area contributed by atoms with Gasteiger partial charge in [0.1, 0.15) is 16.7 Å². The van der Waals surface area contributed by atoms with Crippen molar-refractivity contribution in [3.63, 3.8) is 0 Å². The highest BCUT2D eigenvalue weighted by molar-refractivity contribution is 7.99. The molecular weight excluding hydrogens is 331 g/mol. The molecule has 128 valence electrons. The number of piperidine rings is 1. The normalized spacial score (nSPS) is 21.0. The van der Waals surface area contributed by atoms with E-state index in [2.05, 4.69) is 9.97 Å². The summed E-state index contributed by atoms with van der Waals surface area (Å²) in [5, 5.41) is 20.0. The van der Waals surface area contributed by atoms with Crippen molar-refractivity contribution in [1.82, 2.24) is 9.97 Å². The van der Waals surface area contributed by atoms with E-state index in [-0.39, 0.29) is 24.3 Å². The SMILES string of the molecule is Nc1nc(Sc2ccc(F)cc2)cc(N2CC[C@H](CO)[C@@H](O)C2)n1. The van der Waals surface area contributed by atoms with Crippen LogP contribution in [0.3, 0.4) is 0 Å². The number of nitrogen functional groups attached to an aromatic ring is 1. The van der Waals surface area contributed by atoms with E-state index in [1.54, 1.807) is 18.2 Å². The summed E-state index contributed by atoms with van der Waals surface area (Å²) in [5.41, 5.74) is 5.81. The van der Waals surface area contributed by atoms with Crippen molar-refractivity contribution in [3.05, 3.63) is 36.1 Å². The number of nitrogens with two attached hydrogens (primary N) is 1. The Morgan fingerprint density at radius 1 is 1.29 bits per heavy atom. The van der Waals surface area contributed by atoms with Gasteiger partial charge in [0.15, 0.2) is 0 Å². The molecule has 1 aromatic carbocycles. The molecule has 1 aliphatic rings. The molecule has 0 unspecified atom stereocenters. The number of β-amino-alcohol motifs (C(OH)–C–C–N with tert-alkyl or cyclic N) is 1. The lowest BCUT2D eigenvalue weighted by atomic mass is 9.95. The summed E-state index contributed by atoms with van der Waals surface area (Å²) >= 11 is 1.37. The number of hydrogen-bond donors (Lipinski definition) is 3. The Hall–Kier alpha value is -1.90. The van der Waals surface area contributed by atoms with E-state index in [0.29, 0.717) is 30.4 Å². The summed E-state index contributed by atoms with van der Waals surface area (Å²) in [5.74, 6) is 0.398. The van der Waals surface area contributed by atoms with Crippen molar-refractivity contribution in [2.75, 3.05) is 30.3 Å². The van der Waals surface area contributed by atoms with Crippen molar-refractivity contribution >= 4 is 23.5 Å². The molecule has 24 heavy (non-hydrogen) atoms. The summed E-state index contributed by atoms with van der Waals surface area (Å²) in [6, 6.07) is 7.94. The second kappa shape index (κ2) is 7.33. The number of anilines is 2. The van der Waals surface area contributed by atoms with Gasteiger partial charge < -0.3 is 20.8 Å². The zero-order valence-corrected chi connectivity index (χ0v) is 13.8. The average Bonchev–Trinajstić information content (AvgIpc) is 2.56. The van der Waals surface area contributed by atoms with Crippen LogP contribution in [0, 0.1) is 11.7 Å². The highest BCUT2D eigenvalue weighted by Gasteiger charge is 2.28. The maximum Gasteiger partial charge on any atom is 0.223 e. The minimum absolute atomic E-state index is 0.0212. The summed E-state index contributed by atoms with van der Waals surface area (Å²) in [6.07, 6.45) is 0.0790. The third-order valence-corrected chi connectivity index (χ3v) is 4.95. The minimum atomic E-state index is -0.604. The fourth-order valence-corrected chi connectivity index (χ4v) is 3.49. The third kappa shape index (κ3) is 3.95. The van der Waals surface area contributed by atoms with Crippen molar-refractivity contribution < 1.29 is 14.6 Å². The Morgan fingerprint density at radius 3 is 2.71 bits per heavy atom. The molecule has 0 saturated carbocycles. The number of hydrogen-bond acceptors (Lipinski definition) is 7. The first-order chi connectivity index (χ1) is 11.5. The van der Waals surface area contributed by atoms with Gasteiger partial charge in [-0.1, -0.05) is 11.8 Å². The smallest absolute Gasteiger partial charge is 0.223 e. The van der Waals surface area contributed by atoms with Crippen molar-refractivity contribution in [2.45, 2.75) is 22.4 Å². The molecule has 2 atom stereocenters. The number of benzene rings is 1. The number of nitrogens with zero attached hydrogens (tertiary/aromatic N) is 3. The molecule has 0 spiro atoms. The van der Waals surface area contributed by atoms with Gasteiger partial charge in [-0.15, -0.1) is 0 Å². The predicted octanol–water partition coefficient (Wildman–Crippen LogP) is 1.53. The van der Waals surface area contributed by atoms with Gasteiger partial charge in [-0.2, -0.15) is 4.98 Å². The van der Waals surface area contributed by atoms with Crippen LogP contribution in [0.1, 0.15) is 6.42 Å². The van der Waals surface area contributed by atoms with Gasteiger partial charge in [0.2, 0.25) is 5.95 Å². The maximum absolute atomic E-state index is 13.0. The predicted molar refractivity (Wildman–Crippen MR) is 90.4 cm³/mol. The van der Waals surface area contributed by atoms with Crippen LogP contribution in [0.5, 0.6) is 0 Å². The van der Waals surface area contributed by atoms with Crippen LogP contribution < -0.4 is 10.6 Å². The Bertz CT molecular complexity index is 701. The standard InChI is InChI=1S/C16H19FN4O2S/c17-11-1-3-12(4-2-11)24-15-7-14(19-16(18)20-15)21-6-5-10(9-22)13(23)8-21/h1-4,7,10,13,22-23H,5-6,8-9H2,(H2,18,19,20)/t10-,13+/m1/s1. The largest absolute Gasteiger partial charge is 0.396 e. The van der Waals surface area contributed by atoms with E-state index < -0.39 is 6.10 Å².